The lowest BCUT2D eigenvalue weighted by Crippen LogP contribution is -2.32. The van der Waals surface area contributed by atoms with E-state index in [9.17, 15) is 14.9 Å². The first-order chi connectivity index (χ1) is 17.4. The number of nitrogens with zero attached hydrogens (tertiary/aromatic N) is 4. The van der Waals surface area contributed by atoms with E-state index in [-0.39, 0.29) is 11.6 Å². The lowest BCUT2D eigenvalue weighted by Gasteiger charge is -2.19. The second-order valence-electron chi connectivity index (χ2n) is 8.33. The molecule has 2 N–H and O–H groups in total. The van der Waals surface area contributed by atoms with Gasteiger partial charge >= 0.3 is 0 Å². The number of H-pyrrole nitrogens is 1. The third-order valence-electron chi connectivity index (χ3n) is 5.98. The molecule has 0 radical (unpaired) electrons. The third kappa shape index (κ3) is 4.69. The molecule has 3 aromatic heterocycles. The maximum absolute atomic E-state index is 13.3. The number of fused-ring (bicyclic) bond motifs is 1. The number of aromatic amines is 1. The van der Waals surface area contributed by atoms with Crippen LogP contribution in [0.1, 0.15) is 28.0 Å². The number of halogens is 1. The van der Waals surface area contributed by atoms with Crippen LogP contribution in [-0.4, -0.2) is 30.3 Å². The number of benzene rings is 2. The number of rotatable bonds is 7. The van der Waals surface area contributed by atoms with Crippen LogP contribution in [0.25, 0.3) is 22.2 Å². The molecule has 0 aliphatic carbocycles. The van der Waals surface area contributed by atoms with Crippen LogP contribution in [0.2, 0.25) is 5.02 Å². The normalized spacial score (nSPS) is 11.9. The summed E-state index contributed by atoms with van der Waals surface area (Å²) in [6, 6.07) is 18.6. The van der Waals surface area contributed by atoms with E-state index >= 15 is 0 Å². The van der Waals surface area contributed by atoms with Crippen molar-refractivity contribution in [3.8, 4) is 11.3 Å². The minimum atomic E-state index is -0.487. The van der Waals surface area contributed by atoms with Gasteiger partial charge in [0.2, 0.25) is 0 Å². The van der Waals surface area contributed by atoms with Crippen molar-refractivity contribution in [2.75, 3.05) is 0 Å². The SMILES string of the molecule is Cn1c(-c2ccc([N+](=O)[O-])cc2)cnc1[C@H](Cc1ccccn1)NC(=O)c1cc2cc(Cl)ccc2[nH]1. The first-order valence-electron chi connectivity index (χ1n) is 11.1. The second-order valence-corrected chi connectivity index (χ2v) is 8.77. The number of imidazole rings is 1. The molecule has 9 nitrogen and oxygen atoms in total. The molecule has 0 bridgehead atoms. The topological polar surface area (TPSA) is 119 Å². The number of carbonyl (C=O) groups excluding carboxylic acids is 1. The number of carbonyl (C=O) groups is 1. The number of nitro benzene ring substituents is 1. The van der Waals surface area contributed by atoms with Gasteiger partial charge in [0.25, 0.3) is 11.6 Å². The summed E-state index contributed by atoms with van der Waals surface area (Å²) in [5.74, 6) is 0.338. The Morgan fingerprint density at radius 2 is 1.94 bits per heavy atom. The predicted molar refractivity (Wildman–Crippen MR) is 137 cm³/mol. The van der Waals surface area contributed by atoms with E-state index in [1.807, 2.05) is 35.9 Å². The van der Waals surface area contributed by atoms with Crippen LogP contribution < -0.4 is 5.32 Å². The van der Waals surface area contributed by atoms with Crippen LogP contribution in [-0.2, 0) is 13.5 Å². The maximum Gasteiger partial charge on any atom is 0.269 e. The third-order valence-corrected chi connectivity index (χ3v) is 6.22. The standard InChI is InChI=1S/C26H21ClN6O3/c1-32-24(16-5-8-20(9-6-16)33(35)36)15-29-25(32)22(14-19-4-2-3-11-28-19)31-26(34)23-13-17-12-18(27)7-10-21(17)30-23/h2-13,15,22,30H,14H2,1H3,(H,31,34)/t22-/m0/s1. The van der Waals surface area contributed by atoms with Gasteiger partial charge in [-0.15, -0.1) is 0 Å². The summed E-state index contributed by atoms with van der Waals surface area (Å²) in [5, 5.41) is 15.5. The first kappa shape index (κ1) is 23.3. The summed E-state index contributed by atoms with van der Waals surface area (Å²) in [6.07, 6.45) is 3.82. The molecule has 180 valence electrons. The van der Waals surface area contributed by atoms with Gasteiger partial charge in [-0.25, -0.2) is 4.98 Å². The Morgan fingerprint density at radius 1 is 1.14 bits per heavy atom. The van der Waals surface area contributed by atoms with Crippen molar-refractivity contribution in [1.82, 2.24) is 24.8 Å². The van der Waals surface area contributed by atoms with E-state index in [0.717, 1.165) is 27.9 Å². The first-order valence-corrected chi connectivity index (χ1v) is 11.5. The number of non-ortho nitro benzene ring substituents is 1. The minimum Gasteiger partial charge on any atom is -0.351 e. The molecule has 3 heterocycles. The van der Waals surface area contributed by atoms with E-state index in [0.29, 0.717) is 23.0 Å². The molecule has 0 spiro atoms. The van der Waals surface area contributed by atoms with Crippen molar-refractivity contribution in [2.24, 2.45) is 7.05 Å². The summed E-state index contributed by atoms with van der Waals surface area (Å²) in [7, 11) is 1.85. The molecule has 36 heavy (non-hydrogen) atoms. The monoisotopic (exact) mass is 500 g/mol. The highest BCUT2D eigenvalue weighted by Gasteiger charge is 2.23. The molecule has 1 atom stereocenters. The predicted octanol–water partition coefficient (Wildman–Crippen LogP) is 5.24. The molecule has 0 aliphatic rings. The number of amides is 1. The average molecular weight is 501 g/mol. The summed E-state index contributed by atoms with van der Waals surface area (Å²) in [4.78, 5) is 36.0. The van der Waals surface area contributed by atoms with Gasteiger partial charge in [0, 0.05) is 59.0 Å². The van der Waals surface area contributed by atoms with Crippen LogP contribution in [0.15, 0.2) is 79.1 Å². The Bertz CT molecular complexity index is 1560. The maximum atomic E-state index is 13.3. The van der Waals surface area contributed by atoms with Gasteiger partial charge < -0.3 is 14.9 Å². The van der Waals surface area contributed by atoms with Crippen molar-refractivity contribution >= 4 is 34.1 Å². The number of pyridine rings is 1. The fourth-order valence-electron chi connectivity index (χ4n) is 4.17. The van der Waals surface area contributed by atoms with Crippen molar-refractivity contribution in [3.05, 3.63) is 111 Å². The largest absolute Gasteiger partial charge is 0.351 e. The molecule has 0 aliphatic heterocycles. The van der Waals surface area contributed by atoms with Gasteiger partial charge in [0.05, 0.1) is 22.9 Å². The number of aromatic nitrogens is 4. The molecule has 0 unspecified atom stereocenters. The van der Waals surface area contributed by atoms with E-state index in [1.54, 1.807) is 42.7 Å². The fraction of sp³-hybridized carbons (Fsp3) is 0.115. The van der Waals surface area contributed by atoms with Crippen molar-refractivity contribution < 1.29 is 9.72 Å². The highest BCUT2D eigenvalue weighted by molar-refractivity contribution is 6.31. The minimum absolute atomic E-state index is 0.0149. The lowest BCUT2D eigenvalue weighted by atomic mass is 10.1. The smallest absolute Gasteiger partial charge is 0.269 e. The Labute approximate surface area is 210 Å². The highest BCUT2D eigenvalue weighted by Crippen LogP contribution is 2.27. The van der Waals surface area contributed by atoms with Crippen LogP contribution in [0.4, 0.5) is 5.69 Å². The average Bonchev–Trinajstić information content (AvgIpc) is 3.47. The van der Waals surface area contributed by atoms with Crippen LogP contribution in [0.3, 0.4) is 0 Å². The fourth-order valence-corrected chi connectivity index (χ4v) is 4.35. The number of hydrogen-bond donors (Lipinski definition) is 2. The van der Waals surface area contributed by atoms with Gasteiger partial charge in [0.15, 0.2) is 0 Å². The molecule has 0 fully saturated rings. The quantitative estimate of drug-likeness (QED) is 0.234. The molecule has 0 saturated carbocycles. The van der Waals surface area contributed by atoms with Gasteiger partial charge in [-0.1, -0.05) is 17.7 Å². The molecule has 10 heteroatoms. The van der Waals surface area contributed by atoms with E-state index < -0.39 is 11.0 Å². The zero-order chi connectivity index (χ0) is 25.2. The van der Waals surface area contributed by atoms with E-state index in [4.69, 9.17) is 11.6 Å². The van der Waals surface area contributed by atoms with Crippen LogP contribution in [0, 0.1) is 10.1 Å². The van der Waals surface area contributed by atoms with Crippen molar-refractivity contribution in [1.29, 1.82) is 0 Å². The van der Waals surface area contributed by atoms with Gasteiger partial charge in [0.1, 0.15) is 11.5 Å². The molecular weight excluding hydrogens is 480 g/mol. The number of hydrogen-bond acceptors (Lipinski definition) is 5. The highest BCUT2D eigenvalue weighted by atomic mass is 35.5. The van der Waals surface area contributed by atoms with E-state index in [1.165, 1.54) is 12.1 Å². The Balaban J connectivity index is 1.47. The summed E-state index contributed by atoms with van der Waals surface area (Å²) in [5.41, 5.74) is 3.57. The molecular formula is C26H21ClN6O3. The second kappa shape index (κ2) is 9.63. The van der Waals surface area contributed by atoms with E-state index in [2.05, 4.69) is 20.3 Å². The molecule has 5 rings (SSSR count). The van der Waals surface area contributed by atoms with Gasteiger partial charge in [-0.3, -0.25) is 19.9 Å². The molecule has 1 amide bonds. The van der Waals surface area contributed by atoms with Crippen molar-refractivity contribution in [3.63, 3.8) is 0 Å². The summed E-state index contributed by atoms with van der Waals surface area (Å²) < 4.78 is 1.88. The van der Waals surface area contributed by atoms with Crippen LogP contribution in [0.5, 0.6) is 0 Å². The molecule has 2 aromatic carbocycles. The number of nitrogens with one attached hydrogen (secondary N) is 2. The number of nitro groups is 1. The summed E-state index contributed by atoms with van der Waals surface area (Å²) >= 11 is 6.09. The van der Waals surface area contributed by atoms with Crippen LogP contribution >= 0.6 is 11.6 Å². The lowest BCUT2D eigenvalue weighted by molar-refractivity contribution is -0.384. The zero-order valence-electron chi connectivity index (χ0n) is 19.2. The van der Waals surface area contributed by atoms with Gasteiger partial charge in [-0.2, -0.15) is 0 Å². The van der Waals surface area contributed by atoms with Gasteiger partial charge in [-0.05, 0) is 48.5 Å². The summed E-state index contributed by atoms with van der Waals surface area (Å²) in [6.45, 7) is 0. The molecule has 0 saturated heterocycles. The Morgan fingerprint density at radius 3 is 2.67 bits per heavy atom. The van der Waals surface area contributed by atoms with Crippen molar-refractivity contribution in [2.45, 2.75) is 12.5 Å². The Hall–Kier alpha value is -4.50. The zero-order valence-corrected chi connectivity index (χ0v) is 19.9. The molecule has 5 aromatic rings. The Kier molecular flexibility index (Phi) is 6.22.